The quantitative estimate of drug-likeness (QED) is 0.648. The summed E-state index contributed by atoms with van der Waals surface area (Å²) in [5, 5.41) is 7.18. The lowest BCUT2D eigenvalue weighted by Crippen LogP contribution is -2.42. The molecule has 1 aliphatic rings. The van der Waals surface area contributed by atoms with Crippen molar-refractivity contribution in [3.05, 3.63) is 77.6 Å². The van der Waals surface area contributed by atoms with Crippen LogP contribution in [-0.2, 0) is 0 Å². The van der Waals surface area contributed by atoms with Crippen LogP contribution in [0.1, 0.15) is 34.3 Å². The fourth-order valence-electron chi connectivity index (χ4n) is 4.00. The molecule has 6 heteroatoms. The molecule has 2 heterocycles. The highest BCUT2D eigenvalue weighted by Crippen LogP contribution is 2.24. The third kappa shape index (κ3) is 4.27. The lowest BCUT2D eigenvalue weighted by molar-refractivity contribution is 0.0858. The molecule has 0 spiro atoms. The maximum absolute atomic E-state index is 12.9. The number of benzene rings is 2. The van der Waals surface area contributed by atoms with Crippen molar-refractivity contribution in [2.24, 2.45) is 5.92 Å². The topological polar surface area (TPSA) is 67.2 Å². The zero-order valence-electron chi connectivity index (χ0n) is 17.3. The Labute approximate surface area is 176 Å². The number of amides is 2. The summed E-state index contributed by atoms with van der Waals surface area (Å²) in [6.07, 6.45) is 4.95. The Morgan fingerprint density at radius 2 is 1.83 bits per heavy atom. The number of carbonyl (C=O) groups is 2. The smallest absolute Gasteiger partial charge is 0.321 e. The number of hydrogen-bond donors (Lipinski definition) is 1. The molecule has 4 rings (SSSR count). The van der Waals surface area contributed by atoms with Gasteiger partial charge in [-0.25, -0.2) is 9.48 Å². The molecule has 1 saturated heterocycles. The number of piperidine rings is 1. The van der Waals surface area contributed by atoms with Gasteiger partial charge in [-0.15, -0.1) is 0 Å². The second-order valence-electron chi connectivity index (χ2n) is 7.88. The van der Waals surface area contributed by atoms with E-state index >= 15 is 0 Å². The van der Waals surface area contributed by atoms with Crippen LogP contribution in [0.4, 0.5) is 10.5 Å². The van der Waals surface area contributed by atoms with Gasteiger partial charge in [-0.2, -0.15) is 5.10 Å². The number of likely N-dealkylation sites (tertiary alicyclic amines) is 1. The van der Waals surface area contributed by atoms with Crippen LogP contribution in [0.3, 0.4) is 0 Å². The van der Waals surface area contributed by atoms with Gasteiger partial charge < -0.3 is 10.2 Å². The van der Waals surface area contributed by atoms with E-state index in [2.05, 4.69) is 10.4 Å². The van der Waals surface area contributed by atoms with E-state index < -0.39 is 0 Å². The van der Waals surface area contributed by atoms with Crippen molar-refractivity contribution in [3.8, 4) is 5.69 Å². The molecule has 154 valence electrons. The predicted octanol–water partition coefficient (Wildman–Crippen LogP) is 4.62. The molecule has 3 aromatic rings. The second-order valence-corrected chi connectivity index (χ2v) is 7.88. The summed E-state index contributed by atoms with van der Waals surface area (Å²) in [6, 6.07) is 15.3. The zero-order valence-corrected chi connectivity index (χ0v) is 17.3. The van der Waals surface area contributed by atoms with Crippen molar-refractivity contribution in [2.45, 2.75) is 26.7 Å². The van der Waals surface area contributed by atoms with Gasteiger partial charge in [0.25, 0.3) is 0 Å². The SMILES string of the molecule is Cc1ccc(C(=O)C2CCN(C(=O)Nc3cccc(-n4cccn4)c3)CC2)c(C)c1. The van der Waals surface area contributed by atoms with Gasteiger partial charge in [-0.05, 0) is 56.5 Å². The Bertz CT molecular complexity index is 1050. The van der Waals surface area contributed by atoms with Crippen LogP contribution in [0, 0.1) is 19.8 Å². The highest BCUT2D eigenvalue weighted by Gasteiger charge is 2.28. The van der Waals surface area contributed by atoms with Crippen LogP contribution in [0.15, 0.2) is 60.9 Å². The lowest BCUT2D eigenvalue weighted by Gasteiger charge is -2.31. The molecular formula is C24H26N4O2. The molecule has 6 nitrogen and oxygen atoms in total. The van der Waals surface area contributed by atoms with E-state index in [9.17, 15) is 9.59 Å². The third-order valence-corrected chi connectivity index (χ3v) is 5.67. The predicted molar refractivity (Wildman–Crippen MR) is 117 cm³/mol. The summed E-state index contributed by atoms with van der Waals surface area (Å²) in [4.78, 5) is 27.4. The highest BCUT2D eigenvalue weighted by molar-refractivity contribution is 5.99. The number of aromatic nitrogens is 2. The number of ketones is 1. The first kappa shape index (κ1) is 19.9. The molecule has 1 aromatic heterocycles. The van der Waals surface area contributed by atoms with Gasteiger partial charge in [0.2, 0.25) is 0 Å². The summed E-state index contributed by atoms with van der Waals surface area (Å²) >= 11 is 0. The molecule has 2 aromatic carbocycles. The molecule has 1 aliphatic heterocycles. The Balaban J connectivity index is 1.35. The summed E-state index contributed by atoms with van der Waals surface area (Å²) in [5.74, 6) is 0.165. The molecule has 0 bridgehead atoms. The number of Topliss-reactive ketones (excluding diaryl/α,β-unsaturated/α-hetero) is 1. The maximum atomic E-state index is 12.9. The summed E-state index contributed by atoms with van der Waals surface area (Å²) in [6.45, 7) is 5.17. The summed E-state index contributed by atoms with van der Waals surface area (Å²) in [5.41, 5.74) is 4.60. The van der Waals surface area contributed by atoms with Crippen molar-refractivity contribution in [2.75, 3.05) is 18.4 Å². The molecule has 0 unspecified atom stereocenters. The number of hydrogen-bond acceptors (Lipinski definition) is 3. The van der Waals surface area contributed by atoms with Gasteiger partial charge in [-0.1, -0.05) is 29.8 Å². The second kappa shape index (κ2) is 8.53. The van der Waals surface area contributed by atoms with Gasteiger partial charge in [-0.3, -0.25) is 4.79 Å². The van der Waals surface area contributed by atoms with Crippen LogP contribution in [-0.4, -0.2) is 39.6 Å². The number of anilines is 1. The van der Waals surface area contributed by atoms with Gasteiger partial charge >= 0.3 is 6.03 Å². The number of nitrogens with zero attached hydrogens (tertiary/aromatic N) is 3. The first-order valence-corrected chi connectivity index (χ1v) is 10.3. The molecule has 0 saturated carbocycles. The fourth-order valence-corrected chi connectivity index (χ4v) is 4.00. The maximum Gasteiger partial charge on any atom is 0.321 e. The van der Waals surface area contributed by atoms with E-state index in [1.165, 1.54) is 0 Å². The molecule has 0 radical (unpaired) electrons. The van der Waals surface area contributed by atoms with Crippen molar-refractivity contribution >= 4 is 17.5 Å². The number of rotatable bonds is 4. The van der Waals surface area contributed by atoms with Gasteiger partial charge in [0.1, 0.15) is 0 Å². The minimum Gasteiger partial charge on any atom is -0.324 e. The molecule has 1 fully saturated rings. The van der Waals surface area contributed by atoms with Crippen molar-refractivity contribution < 1.29 is 9.59 Å². The average Bonchev–Trinajstić information content (AvgIpc) is 3.29. The normalized spacial score (nSPS) is 14.5. The minimum atomic E-state index is -0.134. The molecule has 0 atom stereocenters. The Morgan fingerprint density at radius 3 is 2.53 bits per heavy atom. The van der Waals surface area contributed by atoms with Crippen molar-refractivity contribution in [1.29, 1.82) is 0 Å². The van der Waals surface area contributed by atoms with E-state index in [0.717, 1.165) is 28.1 Å². The first-order valence-electron chi connectivity index (χ1n) is 10.3. The van der Waals surface area contributed by atoms with Gasteiger partial charge in [0, 0.05) is 42.7 Å². The summed E-state index contributed by atoms with van der Waals surface area (Å²) in [7, 11) is 0. The minimum absolute atomic E-state index is 0.0291. The summed E-state index contributed by atoms with van der Waals surface area (Å²) < 4.78 is 1.75. The molecule has 2 amide bonds. The molecular weight excluding hydrogens is 376 g/mol. The molecule has 30 heavy (non-hydrogen) atoms. The van der Waals surface area contributed by atoms with E-state index in [4.69, 9.17) is 0 Å². The third-order valence-electron chi connectivity index (χ3n) is 5.67. The fraction of sp³-hybridized carbons (Fsp3) is 0.292. The number of urea groups is 1. The largest absolute Gasteiger partial charge is 0.324 e. The van der Waals surface area contributed by atoms with Crippen LogP contribution in [0.5, 0.6) is 0 Å². The number of aryl methyl sites for hydroxylation is 2. The Hall–Kier alpha value is -3.41. The van der Waals surface area contributed by atoms with E-state index in [1.807, 2.05) is 68.6 Å². The first-order chi connectivity index (χ1) is 14.5. The standard InChI is InChI=1S/C24H26N4O2/c1-17-7-8-22(18(2)15-17)23(29)19-9-13-27(14-10-19)24(30)26-20-5-3-6-21(16-20)28-12-4-11-25-28/h3-8,11-12,15-16,19H,9-10,13-14H2,1-2H3,(H,26,30). The van der Waals surface area contributed by atoms with Crippen LogP contribution in [0.2, 0.25) is 0 Å². The van der Waals surface area contributed by atoms with Crippen molar-refractivity contribution in [3.63, 3.8) is 0 Å². The highest BCUT2D eigenvalue weighted by atomic mass is 16.2. The van der Waals surface area contributed by atoms with Gasteiger partial charge in [0.15, 0.2) is 5.78 Å². The van der Waals surface area contributed by atoms with Crippen molar-refractivity contribution in [1.82, 2.24) is 14.7 Å². The zero-order chi connectivity index (χ0) is 21.1. The van der Waals surface area contributed by atoms with Crippen LogP contribution in [0.25, 0.3) is 5.69 Å². The lowest BCUT2D eigenvalue weighted by atomic mass is 9.87. The monoisotopic (exact) mass is 402 g/mol. The molecule has 1 N–H and O–H groups in total. The Morgan fingerprint density at radius 1 is 1.03 bits per heavy atom. The van der Waals surface area contributed by atoms with E-state index in [1.54, 1.807) is 15.8 Å². The van der Waals surface area contributed by atoms with Crippen LogP contribution < -0.4 is 5.32 Å². The number of carbonyl (C=O) groups excluding carboxylic acids is 2. The van der Waals surface area contributed by atoms with E-state index in [-0.39, 0.29) is 17.7 Å². The van der Waals surface area contributed by atoms with E-state index in [0.29, 0.717) is 25.9 Å². The average molecular weight is 402 g/mol. The van der Waals surface area contributed by atoms with Crippen LogP contribution >= 0.6 is 0 Å². The molecule has 0 aliphatic carbocycles. The van der Waals surface area contributed by atoms with Gasteiger partial charge in [0.05, 0.1) is 5.69 Å². The Kier molecular flexibility index (Phi) is 5.65. The number of nitrogens with one attached hydrogen (secondary N) is 1.